The monoisotopic (exact) mass is 167 g/mol. The fraction of sp³-hybridized carbons (Fsp3) is 0.375. The Bertz CT molecular complexity index is 295. The van der Waals surface area contributed by atoms with Gasteiger partial charge >= 0.3 is 0 Å². The van der Waals surface area contributed by atoms with Crippen LogP contribution in [0.5, 0.6) is 0 Å². The molecule has 0 aliphatic carbocycles. The zero-order valence-corrected chi connectivity index (χ0v) is 7.27. The highest BCUT2D eigenvalue weighted by Crippen LogP contribution is 2.26. The molecular formula is C8H9NOS. The third-order valence-corrected chi connectivity index (χ3v) is 2.61. The van der Waals surface area contributed by atoms with Crippen LogP contribution in [0.2, 0.25) is 0 Å². The Labute approximate surface area is 69.9 Å². The summed E-state index contributed by atoms with van der Waals surface area (Å²) in [6.07, 6.45) is 5.15. The molecule has 58 valence electrons. The maximum Gasteiger partial charge on any atom is 0.158 e. The number of hydrogen-bond acceptors (Lipinski definition) is 3. The first kappa shape index (κ1) is 8.25. The molecular weight excluding hydrogens is 158 g/mol. The molecule has 0 aromatic carbocycles. The summed E-state index contributed by atoms with van der Waals surface area (Å²) in [5.74, 6) is 2.31. The highest BCUT2D eigenvalue weighted by Gasteiger charge is 2.23. The zero-order valence-electron chi connectivity index (χ0n) is 6.46. The average molecular weight is 167 g/mol. The SMILES string of the molecule is C#C[C@](C)(O)c1scnc1C. The van der Waals surface area contributed by atoms with Gasteiger partial charge in [0.05, 0.1) is 16.1 Å². The predicted octanol–water partition coefficient (Wildman–Crippen LogP) is 1.29. The quantitative estimate of drug-likeness (QED) is 0.639. The summed E-state index contributed by atoms with van der Waals surface area (Å²) in [5.41, 5.74) is 1.32. The molecule has 0 aliphatic heterocycles. The van der Waals surface area contributed by atoms with Gasteiger partial charge in [0.15, 0.2) is 5.60 Å². The van der Waals surface area contributed by atoms with Crippen molar-refractivity contribution in [3.8, 4) is 12.3 Å². The van der Waals surface area contributed by atoms with E-state index < -0.39 is 5.60 Å². The Hall–Kier alpha value is -0.850. The maximum absolute atomic E-state index is 9.60. The largest absolute Gasteiger partial charge is 0.373 e. The van der Waals surface area contributed by atoms with Crippen LogP contribution in [0, 0.1) is 19.3 Å². The number of thiazole rings is 1. The van der Waals surface area contributed by atoms with Gasteiger partial charge in [-0.05, 0) is 13.8 Å². The molecule has 0 aliphatic rings. The summed E-state index contributed by atoms with van der Waals surface area (Å²) in [5, 5.41) is 9.60. The first-order valence-corrected chi connectivity index (χ1v) is 4.06. The Balaban J connectivity index is 3.13. The second-order valence-electron chi connectivity index (χ2n) is 2.48. The Kier molecular flexibility index (Phi) is 1.99. The molecule has 0 bridgehead atoms. The molecule has 0 spiro atoms. The number of rotatable bonds is 1. The van der Waals surface area contributed by atoms with E-state index in [4.69, 9.17) is 6.42 Å². The molecule has 3 heteroatoms. The first-order valence-electron chi connectivity index (χ1n) is 3.18. The number of nitrogens with zero attached hydrogens (tertiary/aromatic N) is 1. The summed E-state index contributed by atoms with van der Waals surface area (Å²) in [6.45, 7) is 3.42. The molecule has 0 fully saturated rings. The van der Waals surface area contributed by atoms with Crippen molar-refractivity contribution in [1.82, 2.24) is 4.98 Å². The molecule has 1 rings (SSSR count). The van der Waals surface area contributed by atoms with E-state index in [1.165, 1.54) is 11.3 Å². The van der Waals surface area contributed by atoms with Crippen LogP contribution in [-0.4, -0.2) is 10.1 Å². The summed E-state index contributed by atoms with van der Waals surface area (Å²) < 4.78 is 0. The van der Waals surface area contributed by atoms with Crippen molar-refractivity contribution in [1.29, 1.82) is 0 Å². The van der Waals surface area contributed by atoms with Crippen LogP contribution in [0.15, 0.2) is 5.51 Å². The Morgan fingerprint density at radius 3 is 2.82 bits per heavy atom. The van der Waals surface area contributed by atoms with Gasteiger partial charge in [0.25, 0.3) is 0 Å². The fourth-order valence-electron chi connectivity index (χ4n) is 0.835. The third kappa shape index (κ3) is 1.42. The number of hydrogen-bond donors (Lipinski definition) is 1. The molecule has 2 nitrogen and oxygen atoms in total. The first-order chi connectivity index (χ1) is 5.08. The van der Waals surface area contributed by atoms with Crippen LogP contribution in [0.1, 0.15) is 17.5 Å². The van der Waals surface area contributed by atoms with Crippen molar-refractivity contribution in [2.75, 3.05) is 0 Å². The van der Waals surface area contributed by atoms with Gasteiger partial charge in [-0.15, -0.1) is 17.8 Å². The van der Waals surface area contributed by atoms with E-state index in [9.17, 15) is 5.11 Å². The van der Waals surface area contributed by atoms with Crippen molar-refractivity contribution in [2.45, 2.75) is 19.4 Å². The second-order valence-corrected chi connectivity index (χ2v) is 3.34. The van der Waals surface area contributed by atoms with Crippen molar-refractivity contribution in [3.63, 3.8) is 0 Å². The molecule has 1 N–H and O–H groups in total. The Morgan fingerprint density at radius 2 is 2.45 bits per heavy atom. The van der Waals surface area contributed by atoms with Gasteiger partial charge in [0, 0.05) is 0 Å². The van der Waals surface area contributed by atoms with Crippen LogP contribution in [0.25, 0.3) is 0 Å². The summed E-state index contributed by atoms with van der Waals surface area (Å²) in [4.78, 5) is 4.74. The van der Waals surface area contributed by atoms with Gasteiger partial charge in [0.2, 0.25) is 0 Å². The minimum Gasteiger partial charge on any atom is -0.373 e. The fourth-order valence-corrected chi connectivity index (χ4v) is 1.66. The normalized spacial score (nSPS) is 15.5. The second kappa shape index (κ2) is 2.65. The van der Waals surface area contributed by atoms with Crippen LogP contribution < -0.4 is 0 Å². The van der Waals surface area contributed by atoms with Gasteiger partial charge in [0.1, 0.15) is 0 Å². The van der Waals surface area contributed by atoms with Crippen LogP contribution >= 0.6 is 11.3 Å². The lowest BCUT2D eigenvalue weighted by Gasteiger charge is -2.13. The minimum absolute atomic E-state index is 0.750. The van der Waals surface area contributed by atoms with Crippen LogP contribution in [0.4, 0.5) is 0 Å². The van der Waals surface area contributed by atoms with Crippen LogP contribution in [-0.2, 0) is 5.60 Å². The number of aryl methyl sites for hydroxylation is 1. The van der Waals surface area contributed by atoms with E-state index in [1.807, 2.05) is 6.92 Å². The molecule has 0 saturated heterocycles. The van der Waals surface area contributed by atoms with Gasteiger partial charge in [-0.3, -0.25) is 0 Å². The smallest absolute Gasteiger partial charge is 0.158 e. The average Bonchev–Trinajstić information content (AvgIpc) is 2.36. The summed E-state index contributed by atoms with van der Waals surface area (Å²) >= 11 is 1.38. The Morgan fingerprint density at radius 1 is 1.82 bits per heavy atom. The molecule has 1 aromatic rings. The topological polar surface area (TPSA) is 33.1 Å². The van der Waals surface area contributed by atoms with E-state index in [2.05, 4.69) is 10.9 Å². The van der Waals surface area contributed by atoms with E-state index in [1.54, 1.807) is 12.4 Å². The van der Waals surface area contributed by atoms with E-state index in [0.717, 1.165) is 10.6 Å². The number of aliphatic hydroxyl groups is 1. The van der Waals surface area contributed by atoms with Crippen LogP contribution in [0.3, 0.4) is 0 Å². The van der Waals surface area contributed by atoms with Gasteiger partial charge < -0.3 is 5.11 Å². The molecule has 0 amide bonds. The number of aromatic nitrogens is 1. The highest BCUT2D eigenvalue weighted by molar-refractivity contribution is 7.09. The molecule has 1 aromatic heterocycles. The lowest BCUT2D eigenvalue weighted by Crippen LogP contribution is -2.17. The molecule has 11 heavy (non-hydrogen) atoms. The van der Waals surface area contributed by atoms with Crippen molar-refractivity contribution < 1.29 is 5.11 Å². The maximum atomic E-state index is 9.60. The van der Waals surface area contributed by atoms with Gasteiger partial charge in [-0.1, -0.05) is 5.92 Å². The lowest BCUT2D eigenvalue weighted by molar-refractivity contribution is 0.125. The molecule has 0 unspecified atom stereocenters. The summed E-state index contributed by atoms with van der Waals surface area (Å²) in [6, 6.07) is 0. The zero-order chi connectivity index (χ0) is 8.48. The molecule has 0 radical (unpaired) electrons. The minimum atomic E-state index is -1.16. The predicted molar refractivity (Wildman–Crippen MR) is 45.3 cm³/mol. The van der Waals surface area contributed by atoms with Crippen molar-refractivity contribution >= 4 is 11.3 Å². The van der Waals surface area contributed by atoms with E-state index in [0.29, 0.717) is 0 Å². The van der Waals surface area contributed by atoms with Gasteiger partial charge in [-0.25, -0.2) is 4.98 Å². The van der Waals surface area contributed by atoms with E-state index >= 15 is 0 Å². The highest BCUT2D eigenvalue weighted by atomic mass is 32.1. The lowest BCUT2D eigenvalue weighted by atomic mass is 10.1. The summed E-state index contributed by atoms with van der Waals surface area (Å²) in [7, 11) is 0. The van der Waals surface area contributed by atoms with Crippen molar-refractivity contribution in [3.05, 3.63) is 16.1 Å². The molecule has 1 heterocycles. The van der Waals surface area contributed by atoms with E-state index in [-0.39, 0.29) is 0 Å². The molecule has 1 atom stereocenters. The molecule has 0 saturated carbocycles. The standard InChI is InChI=1S/C8H9NOS/c1-4-8(3,10)7-6(2)9-5-11-7/h1,5,10H,2-3H3/t8-/m0/s1. The third-order valence-electron chi connectivity index (χ3n) is 1.47. The van der Waals surface area contributed by atoms with Crippen molar-refractivity contribution in [2.24, 2.45) is 0 Å². The number of terminal acetylenes is 1. The van der Waals surface area contributed by atoms with Gasteiger partial charge in [-0.2, -0.15) is 0 Å².